The first kappa shape index (κ1) is 23.0. The van der Waals surface area contributed by atoms with Crippen molar-refractivity contribution in [1.82, 2.24) is 14.4 Å². The first-order chi connectivity index (χ1) is 16.2. The molecule has 5 heteroatoms. The maximum Gasteiger partial charge on any atom is 0.251 e. The van der Waals surface area contributed by atoms with Crippen LogP contribution in [0.2, 0.25) is 0 Å². The molecule has 0 spiro atoms. The van der Waals surface area contributed by atoms with Crippen LogP contribution in [0.15, 0.2) is 89.7 Å². The van der Waals surface area contributed by atoms with Gasteiger partial charge in [-0.1, -0.05) is 42.5 Å². The van der Waals surface area contributed by atoms with Gasteiger partial charge in [0.15, 0.2) is 0 Å². The fourth-order valence-electron chi connectivity index (χ4n) is 4.35. The lowest BCUT2D eigenvalue weighted by Gasteiger charge is -2.28. The van der Waals surface area contributed by atoms with E-state index in [1.165, 1.54) is 5.56 Å². The van der Waals surface area contributed by atoms with Crippen LogP contribution >= 0.6 is 0 Å². The zero-order valence-electron chi connectivity index (χ0n) is 19.6. The molecule has 0 aliphatic carbocycles. The van der Waals surface area contributed by atoms with Crippen molar-refractivity contribution < 1.29 is 4.74 Å². The predicted octanol–water partition coefficient (Wildman–Crippen LogP) is 4.75. The number of nitrogens with zero attached hydrogens (tertiary/aromatic N) is 3. The largest absolute Gasteiger partial charge is 0.379 e. The van der Waals surface area contributed by atoms with E-state index in [0.29, 0.717) is 0 Å². The Morgan fingerprint density at radius 2 is 1.85 bits per heavy atom. The second kappa shape index (κ2) is 11.1. The van der Waals surface area contributed by atoms with Gasteiger partial charge in [0.1, 0.15) is 0 Å². The monoisotopic (exact) mass is 443 g/mol. The molecule has 4 rings (SSSR count). The Labute approximate surface area is 196 Å². The quantitative estimate of drug-likeness (QED) is 0.619. The van der Waals surface area contributed by atoms with Crippen molar-refractivity contribution in [2.24, 2.45) is 0 Å². The van der Waals surface area contributed by atoms with Crippen LogP contribution in [0.3, 0.4) is 0 Å². The summed E-state index contributed by atoms with van der Waals surface area (Å²) in [4.78, 5) is 17.4. The van der Waals surface area contributed by atoms with Gasteiger partial charge >= 0.3 is 0 Å². The van der Waals surface area contributed by atoms with Crippen molar-refractivity contribution in [3.8, 4) is 0 Å². The Bertz CT molecular complexity index is 1120. The van der Waals surface area contributed by atoms with E-state index >= 15 is 0 Å². The Morgan fingerprint density at radius 1 is 1.06 bits per heavy atom. The molecule has 1 aromatic heterocycles. The van der Waals surface area contributed by atoms with Crippen molar-refractivity contribution in [1.29, 1.82) is 0 Å². The molecule has 3 heterocycles. The zero-order chi connectivity index (χ0) is 23.0. The molecule has 0 atom stereocenters. The second-order valence-corrected chi connectivity index (χ2v) is 8.29. The van der Waals surface area contributed by atoms with E-state index in [1.807, 2.05) is 29.8 Å². The molecule has 1 aromatic carbocycles. The molecule has 0 bridgehead atoms. The highest BCUT2D eigenvalue weighted by atomic mass is 16.5. The smallest absolute Gasteiger partial charge is 0.251 e. The number of aromatic nitrogens is 1. The molecule has 0 radical (unpaired) electrons. The lowest BCUT2D eigenvalue weighted by atomic mass is 10.0. The van der Waals surface area contributed by atoms with Crippen molar-refractivity contribution >= 4 is 11.3 Å². The highest BCUT2D eigenvalue weighted by Crippen LogP contribution is 2.31. The zero-order valence-corrected chi connectivity index (χ0v) is 19.6. The third-order valence-electron chi connectivity index (χ3n) is 6.19. The normalized spacial score (nSPS) is 18.6. The van der Waals surface area contributed by atoms with Gasteiger partial charge in [0.05, 0.1) is 13.2 Å². The van der Waals surface area contributed by atoms with E-state index in [-0.39, 0.29) is 5.56 Å². The van der Waals surface area contributed by atoms with E-state index in [9.17, 15) is 4.79 Å². The van der Waals surface area contributed by atoms with Gasteiger partial charge in [0.25, 0.3) is 5.56 Å². The number of allylic oxidation sites excluding steroid dienone is 5. The number of aryl methyl sites for hydroxylation is 1. The van der Waals surface area contributed by atoms with E-state index in [4.69, 9.17) is 4.74 Å². The van der Waals surface area contributed by atoms with Gasteiger partial charge in [0.2, 0.25) is 0 Å². The molecule has 1 saturated heterocycles. The average Bonchev–Trinajstić information content (AvgIpc) is 2.87. The number of morpholine rings is 1. The minimum Gasteiger partial charge on any atom is -0.379 e. The Balaban J connectivity index is 1.45. The van der Waals surface area contributed by atoms with Crippen molar-refractivity contribution in [2.75, 3.05) is 32.8 Å². The number of pyridine rings is 1. The molecular weight excluding hydrogens is 410 g/mol. The second-order valence-electron chi connectivity index (χ2n) is 8.29. The SMILES string of the molecule is CC=C1C=C(c2ccn(CCCN3CCOCC3)c(=O)c2)C=CN1/C(=C\C)c1ccccc1. The van der Waals surface area contributed by atoms with Gasteiger partial charge in [-0.05, 0) is 55.2 Å². The van der Waals surface area contributed by atoms with E-state index in [2.05, 4.69) is 71.5 Å². The lowest BCUT2D eigenvalue weighted by Crippen LogP contribution is -2.37. The minimum absolute atomic E-state index is 0.0478. The predicted molar refractivity (Wildman–Crippen MR) is 135 cm³/mol. The van der Waals surface area contributed by atoms with E-state index in [0.717, 1.165) is 68.3 Å². The van der Waals surface area contributed by atoms with Crippen LogP contribution in [-0.2, 0) is 11.3 Å². The Hall–Kier alpha value is -3.15. The van der Waals surface area contributed by atoms with Crippen LogP contribution in [-0.4, -0.2) is 47.2 Å². The van der Waals surface area contributed by atoms with Gasteiger partial charge in [0, 0.05) is 56.0 Å². The van der Waals surface area contributed by atoms with Crippen LogP contribution in [0.5, 0.6) is 0 Å². The summed E-state index contributed by atoms with van der Waals surface area (Å²) < 4.78 is 7.21. The fourth-order valence-corrected chi connectivity index (χ4v) is 4.35. The first-order valence-corrected chi connectivity index (χ1v) is 11.8. The standard InChI is InChI=1S/C28H33N3O2/c1-3-26-21-24(12-16-31(26)27(4-2)23-9-6-5-7-10-23)25-11-15-30(28(32)22-25)14-8-13-29-17-19-33-20-18-29/h3-7,9-12,15-16,21-22H,8,13-14,17-20H2,1-2H3/b26-3?,27-4-. The number of ether oxygens (including phenoxy) is 1. The number of rotatable bonds is 7. The van der Waals surface area contributed by atoms with Gasteiger partial charge in [-0.15, -0.1) is 0 Å². The van der Waals surface area contributed by atoms with Crippen molar-refractivity contribution in [3.05, 3.63) is 106 Å². The first-order valence-electron chi connectivity index (χ1n) is 11.8. The highest BCUT2D eigenvalue weighted by molar-refractivity contribution is 5.79. The highest BCUT2D eigenvalue weighted by Gasteiger charge is 2.16. The average molecular weight is 444 g/mol. The molecule has 172 valence electrons. The summed E-state index contributed by atoms with van der Waals surface area (Å²) in [7, 11) is 0. The Kier molecular flexibility index (Phi) is 7.76. The molecular formula is C28H33N3O2. The van der Waals surface area contributed by atoms with E-state index < -0.39 is 0 Å². The van der Waals surface area contributed by atoms with Crippen LogP contribution in [0.4, 0.5) is 0 Å². The number of hydrogen-bond donors (Lipinski definition) is 0. The topological polar surface area (TPSA) is 37.7 Å². The molecule has 2 aliphatic heterocycles. The fraction of sp³-hybridized carbons (Fsp3) is 0.321. The molecule has 2 aromatic rings. The number of hydrogen-bond acceptors (Lipinski definition) is 4. The van der Waals surface area contributed by atoms with Gasteiger partial charge in [-0.25, -0.2) is 0 Å². The summed E-state index contributed by atoms with van der Waals surface area (Å²) in [6.45, 7) is 9.42. The summed E-state index contributed by atoms with van der Waals surface area (Å²) >= 11 is 0. The van der Waals surface area contributed by atoms with Crippen molar-refractivity contribution in [2.45, 2.75) is 26.8 Å². The molecule has 33 heavy (non-hydrogen) atoms. The van der Waals surface area contributed by atoms with Gasteiger partial charge in [-0.2, -0.15) is 0 Å². The molecule has 2 aliphatic rings. The third-order valence-corrected chi connectivity index (χ3v) is 6.19. The molecule has 0 amide bonds. The molecule has 0 N–H and O–H groups in total. The molecule has 0 saturated carbocycles. The summed E-state index contributed by atoms with van der Waals surface area (Å²) in [5.74, 6) is 0. The summed E-state index contributed by atoms with van der Waals surface area (Å²) in [5.41, 5.74) is 5.42. The maximum atomic E-state index is 12.8. The van der Waals surface area contributed by atoms with Crippen LogP contribution < -0.4 is 5.56 Å². The van der Waals surface area contributed by atoms with Gasteiger partial charge < -0.3 is 14.2 Å². The van der Waals surface area contributed by atoms with Crippen molar-refractivity contribution in [3.63, 3.8) is 0 Å². The maximum absolute atomic E-state index is 12.8. The Morgan fingerprint density at radius 3 is 2.55 bits per heavy atom. The lowest BCUT2D eigenvalue weighted by molar-refractivity contribution is 0.0369. The van der Waals surface area contributed by atoms with Crippen LogP contribution in [0.25, 0.3) is 11.3 Å². The third kappa shape index (κ3) is 5.62. The summed E-state index contributed by atoms with van der Waals surface area (Å²) in [6.07, 6.45) is 13.4. The number of benzene rings is 1. The summed E-state index contributed by atoms with van der Waals surface area (Å²) in [6, 6.07) is 14.2. The molecule has 5 nitrogen and oxygen atoms in total. The van der Waals surface area contributed by atoms with Crippen LogP contribution in [0.1, 0.15) is 31.4 Å². The van der Waals surface area contributed by atoms with Gasteiger partial charge in [-0.3, -0.25) is 9.69 Å². The van der Waals surface area contributed by atoms with E-state index in [1.54, 1.807) is 6.07 Å². The molecule has 0 unspecified atom stereocenters. The minimum atomic E-state index is 0.0478. The summed E-state index contributed by atoms with van der Waals surface area (Å²) in [5, 5.41) is 0. The van der Waals surface area contributed by atoms with Crippen LogP contribution in [0, 0.1) is 0 Å². The molecule has 1 fully saturated rings.